The van der Waals surface area contributed by atoms with Crippen molar-refractivity contribution in [3.05, 3.63) is 40.4 Å². The molecule has 23 heavy (non-hydrogen) atoms. The van der Waals surface area contributed by atoms with Gasteiger partial charge in [-0.3, -0.25) is 9.59 Å². The van der Waals surface area contributed by atoms with E-state index in [4.69, 9.17) is 0 Å². The maximum atomic E-state index is 12.5. The van der Waals surface area contributed by atoms with Crippen molar-refractivity contribution in [1.82, 2.24) is 20.2 Å². The number of carbonyl (C=O) groups is 1. The first-order chi connectivity index (χ1) is 10.7. The van der Waals surface area contributed by atoms with E-state index in [1.807, 2.05) is 25.1 Å². The molecule has 0 aliphatic carbocycles. The van der Waals surface area contributed by atoms with Gasteiger partial charge in [-0.1, -0.05) is 12.1 Å². The second kappa shape index (κ2) is 7.57. The highest BCUT2D eigenvalue weighted by Crippen LogP contribution is 2.11. The summed E-state index contributed by atoms with van der Waals surface area (Å²) in [7, 11) is 0. The summed E-state index contributed by atoms with van der Waals surface area (Å²) < 4.78 is 0. The van der Waals surface area contributed by atoms with Crippen LogP contribution in [0.1, 0.15) is 25.6 Å². The van der Waals surface area contributed by atoms with Crippen molar-refractivity contribution in [3.8, 4) is 0 Å². The van der Waals surface area contributed by atoms with E-state index < -0.39 is 0 Å². The molecule has 1 saturated heterocycles. The summed E-state index contributed by atoms with van der Waals surface area (Å²) in [6, 6.07) is 7.11. The number of benzene rings is 1. The maximum absolute atomic E-state index is 12.5. The normalized spacial score (nSPS) is 17.0. The summed E-state index contributed by atoms with van der Waals surface area (Å²) in [4.78, 5) is 33.5. The molecular formula is C16H21ClN4O2. The second-order valence-electron chi connectivity index (χ2n) is 5.53. The lowest BCUT2D eigenvalue weighted by Crippen LogP contribution is -2.43. The number of hydrogen-bond acceptors (Lipinski definition) is 4. The second-order valence-corrected chi connectivity index (χ2v) is 5.53. The van der Waals surface area contributed by atoms with Gasteiger partial charge in [0, 0.05) is 6.54 Å². The lowest BCUT2D eigenvalue weighted by molar-refractivity contribution is -0.133. The van der Waals surface area contributed by atoms with Crippen LogP contribution in [0.2, 0.25) is 0 Å². The molecule has 124 valence electrons. The van der Waals surface area contributed by atoms with Crippen LogP contribution >= 0.6 is 12.4 Å². The third kappa shape index (κ3) is 3.71. The van der Waals surface area contributed by atoms with E-state index in [-0.39, 0.29) is 29.9 Å². The predicted octanol–water partition coefficient (Wildman–Crippen LogP) is 1.45. The third-order valence-corrected chi connectivity index (χ3v) is 4.05. The van der Waals surface area contributed by atoms with Crippen LogP contribution in [-0.4, -0.2) is 39.9 Å². The zero-order valence-electron chi connectivity index (χ0n) is 13.0. The van der Waals surface area contributed by atoms with Gasteiger partial charge >= 0.3 is 0 Å². The fourth-order valence-electron chi connectivity index (χ4n) is 2.85. The standard InChI is InChI=1S/C16H20N4O2.ClH/c1-2-20(16(22)13-8-5-9-17-13)10-14-18-12-7-4-3-6-11(12)15(21)19-14;/h3-4,6-7,13,17H,2,5,8-10H2,1H3,(H,18,19,21);1H. The number of nitrogens with one attached hydrogen (secondary N) is 2. The number of para-hydroxylation sites is 1. The Kier molecular flexibility index (Phi) is 5.74. The van der Waals surface area contributed by atoms with Gasteiger partial charge in [-0.15, -0.1) is 12.4 Å². The van der Waals surface area contributed by atoms with Crippen LogP contribution in [-0.2, 0) is 11.3 Å². The van der Waals surface area contributed by atoms with Crippen LogP contribution in [0.3, 0.4) is 0 Å². The Morgan fingerprint density at radius 3 is 2.87 bits per heavy atom. The molecule has 1 aromatic carbocycles. The van der Waals surface area contributed by atoms with Crippen LogP contribution < -0.4 is 10.9 Å². The summed E-state index contributed by atoms with van der Waals surface area (Å²) >= 11 is 0. The molecule has 1 aliphatic rings. The monoisotopic (exact) mass is 336 g/mol. The first-order valence-corrected chi connectivity index (χ1v) is 7.69. The van der Waals surface area contributed by atoms with Gasteiger partial charge in [0.05, 0.1) is 23.5 Å². The first-order valence-electron chi connectivity index (χ1n) is 7.69. The molecule has 0 bridgehead atoms. The number of aromatic nitrogens is 2. The lowest BCUT2D eigenvalue weighted by atomic mass is 10.2. The van der Waals surface area contributed by atoms with E-state index in [1.165, 1.54) is 0 Å². The van der Waals surface area contributed by atoms with Gasteiger partial charge in [-0.05, 0) is 38.4 Å². The fourth-order valence-corrected chi connectivity index (χ4v) is 2.85. The largest absolute Gasteiger partial charge is 0.334 e. The summed E-state index contributed by atoms with van der Waals surface area (Å²) in [6.07, 6.45) is 1.90. The Hall–Kier alpha value is -1.92. The zero-order valence-corrected chi connectivity index (χ0v) is 13.9. The van der Waals surface area contributed by atoms with Crippen LogP contribution in [0.15, 0.2) is 29.1 Å². The van der Waals surface area contributed by atoms with Gasteiger partial charge in [0.2, 0.25) is 5.91 Å². The van der Waals surface area contributed by atoms with Gasteiger partial charge < -0.3 is 15.2 Å². The number of likely N-dealkylation sites (N-methyl/N-ethyl adjacent to an activating group) is 1. The Bertz CT molecular complexity index is 740. The smallest absolute Gasteiger partial charge is 0.258 e. The molecule has 6 nitrogen and oxygen atoms in total. The third-order valence-electron chi connectivity index (χ3n) is 4.05. The van der Waals surface area contributed by atoms with E-state index in [1.54, 1.807) is 11.0 Å². The number of amides is 1. The first kappa shape index (κ1) is 17.4. The molecule has 3 rings (SSSR count). The van der Waals surface area contributed by atoms with Crippen LogP contribution in [0.25, 0.3) is 10.9 Å². The average Bonchev–Trinajstić information content (AvgIpc) is 3.06. The highest BCUT2D eigenvalue weighted by molar-refractivity contribution is 5.85. The van der Waals surface area contributed by atoms with Crippen LogP contribution in [0, 0.1) is 0 Å². The molecule has 0 spiro atoms. The summed E-state index contributed by atoms with van der Waals surface area (Å²) in [5.74, 6) is 0.604. The number of fused-ring (bicyclic) bond motifs is 1. The highest BCUT2D eigenvalue weighted by atomic mass is 35.5. The number of H-pyrrole nitrogens is 1. The minimum Gasteiger partial charge on any atom is -0.334 e. The van der Waals surface area contributed by atoms with E-state index in [0.717, 1.165) is 19.4 Å². The van der Waals surface area contributed by atoms with E-state index >= 15 is 0 Å². The number of rotatable bonds is 4. The number of carbonyl (C=O) groups excluding carboxylic acids is 1. The van der Waals surface area contributed by atoms with Crippen molar-refractivity contribution in [2.45, 2.75) is 32.4 Å². The van der Waals surface area contributed by atoms with E-state index in [0.29, 0.717) is 29.8 Å². The van der Waals surface area contributed by atoms with Gasteiger partial charge in [-0.2, -0.15) is 0 Å². The quantitative estimate of drug-likeness (QED) is 0.885. The van der Waals surface area contributed by atoms with E-state index in [2.05, 4.69) is 15.3 Å². The number of hydrogen-bond donors (Lipinski definition) is 2. The van der Waals surface area contributed by atoms with Gasteiger partial charge in [0.15, 0.2) is 0 Å². The van der Waals surface area contributed by atoms with Crippen molar-refractivity contribution in [3.63, 3.8) is 0 Å². The topological polar surface area (TPSA) is 78.1 Å². The van der Waals surface area contributed by atoms with Crippen LogP contribution in [0.5, 0.6) is 0 Å². The van der Waals surface area contributed by atoms with Gasteiger partial charge in [0.25, 0.3) is 5.56 Å². The minimum atomic E-state index is -0.164. The Labute approximate surface area is 140 Å². The molecule has 0 radical (unpaired) electrons. The van der Waals surface area contributed by atoms with Crippen molar-refractivity contribution >= 4 is 29.2 Å². The average molecular weight is 337 g/mol. The number of aromatic amines is 1. The molecule has 1 fully saturated rings. The Balaban J connectivity index is 0.00000192. The van der Waals surface area contributed by atoms with Crippen LogP contribution in [0.4, 0.5) is 0 Å². The molecule has 2 heterocycles. The predicted molar refractivity (Wildman–Crippen MR) is 91.7 cm³/mol. The van der Waals surface area contributed by atoms with Crippen molar-refractivity contribution < 1.29 is 4.79 Å². The Morgan fingerprint density at radius 2 is 2.17 bits per heavy atom. The molecule has 0 saturated carbocycles. The number of nitrogens with zero attached hydrogens (tertiary/aromatic N) is 2. The zero-order chi connectivity index (χ0) is 15.5. The summed E-state index contributed by atoms with van der Waals surface area (Å²) in [5.41, 5.74) is 0.492. The molecule has 1 aromatic heterocycles. The SMILES string of the molecule is CCN(Cc1nc2ccccc2c(=O)[nH]1)C(=O)C1CCCN1.Cl. The molecule has 2 N–H and O–H groups in total. The molecule has 1 atom stereocenters. The fraction of sp³-hybridized carbons (Fsp3) is 0.438. The molecule has 7 heteroatoms. The van der Waals surface area contributed by atoms with Crippen molar-refractivity contribution in [2.24, 2.45) is 0 Å². The molecule has 1 aliphatic heterocycles. The van der Waals surface area contributed by atoms with Gasteiger partial charge in [0.1, 0.15) is 5.82 Å². The van der Waals surface area contributed by atoms with Crippen molar-refractivity contribution in [2.75, 3.05) is 13.1 Å². The molecule has 2 aromatic rings. The number of halogens is 1. The summed E-state index contributed by atoms with van der Waals surface area (Å²) in [5, 5.41) is 3.78. The van der Waals surface area contributed by atoms with Gasteiger partial charge in [-0.25, -0.2) is 4.98 Å². The van der Waals surface area contributed by atoms with Crippen molar-refractivity contribution in [1.29, 1.82) is 0 Å². The molecule has 1 unspecified atom stereocenters. The molecule has 1 amide bonds. The maximum Gasteiger partial charge on any atom is 0.258 e. The summed E-state index contributed by atoms with van der Waals surface area (Å²) in [6.45, 7) is 3.74. The lowest BCUT2D eigenvalue weighted by Gasteiger charge is -2.23. The minimum absolute atomic E-state index is 0. The highest BCUT2D eigenvalue weighted by Gasteiger charge is 2.26. The van der Waals surface area contributed by atoms with E-state index in [9.17, 15) is 9.59 Å². The molecular weight excluding hydrogens is 316 g/mol. The Morgan fingerprint density at radius 1 is 1.39 bits per heavy atom.